The van der Waals surface area contributed by atoms with Gasteiger partial charge in [-0.1, -0.05) is 6.92 Å². The van der Waals surface area contributed by atoms with Crippen LogP contribution in [0.1, 0.15) is 19.8 Å². The first-order valence-corrected chi connectivity index (χ1v) is 8.15. The van der Waals surface area contributed by atoms with Gasteiger partial charge in [0.25, 0.3) is 0 Å². The second-order valence-electron chi connectivity index (χ2n) is 5.37. The summed E-state index contributed by atoms with van der Waals surface area (Å²) in [6.45, 7) is 7.73. The molecule has 1 amide bonds. The van der Waals surface area contributed by atoms with Crippen molar-refractivity contribution in [1.29, 1.82) is 0 Å². The van der Waals surface area contributed by atoms with Gasteiger partial charge in [0.05, 0.1) is 32.7 Å². The summed E-state index contributed by atoms with van der Waals surface area (Å²) < 4.78 is 16.4. The molecule has 0 aliphatic carbocycles. The van der Waals surface area contributed by atoms with Gasteiger partial charge in [-0.2, -0.15) is 0 Å². The van der Waals surface area contributed by atoms with Crippen LogP contribution in [0, 0.1) is 5.92 Å². The molecular weight excluding hydrogens is 286 g/mol. The highest BCUT2D eigenvalue weighted by molar-refractivity contribution is 5.80. The molecule has 22 heavy (non-hydrogen) atoms. The second-order valence-corrected chi connectivity index (χ2v) is 5.37. The van der Waals surface area contributed by atoms with Crippen LogP contribution in [0.3, 0.4) is 0 Å². The van der Waals surface area contributed by atoms with Crippen molar-refractivity contribution < 1.29 is 19.0 Å². The number of carbonyl (C=O) groups excluding carboxylic acids is 1. The predicted molar refractivity (Wildman–Crippen MR) is 84.7 cm³/mol. The lowest BCUT2D eigenvalue weighted by atomic mass is 10.0. The molecule has 0 spiro atoms. The third-order valence-electron chi connectivity index (χ3n) is 3.58. The van der Waals surface area contributed by atoms with Crippen molar-refractivity contribution in [3.8, 4) is 0 Å². The molecule has 1 saturated heterocycles. The molecule has 7 nitrogen and oxygen atoms in total. The van der Waals surface area contributed by atoms with Crippen LogP contribution in [-0.2, 0) is 19.0 Å². The third kappa shape index (κ3) is 8.65. The fraction of sp³-hybridized carbons (Fsp3) is 0.933. The summed E-state index contributed by atoms with van der Waals surface area (Å²) in [4.78, 5) is 11.6. The van der Waals surface area contributed by atoms with Crippen molar-refractivity contribution in [2.75, 3.05) is 59.8 Å². The van der Waals surface area contributed by atoms with E-state index in [-0.39, 0.29) is 17.9 Å². The van der Waals surface area contributed by atoms with E-state index in [2.05, 4.69) is 22.9 Å². The number of amides is 1. The Balaban J connectivity index is 2.02. The van der Waals surface area contributed by atoms with Crippen molar-refractivity contribution in [3.05, 3.63) is 0 Å². The lowest BCUT2D eigenvalue weighted by Crippen LogP contribution is -2.30. The van der Waals surface area contributed by atoms with Gasteiger partial charge in [-0.25, -0.2) is 0 Å². The highest BCUT2D eigenvalue weighted by Gasteiger charge is 2.27. The van der Waals surface area contributed by atoms with Gasteiger partial charge in [0, 0.05) is 32.7 Å². The summed E-state index contributed by atoms with van der Waals surface area (Å²) in [6.07, 6.45) is 1.54. The first kappa shape index (κ1) is 19.3. The van der Waals surface area contributed by atoms with Crippen LogP contribution in [0.4, 0.5) is 0 Å². The molecule has 2 atom stereocenters. The number of hydrogen-bond donors (Lipinski definition) is 3. The number of hydrogen-bond acceptors (Lipinski definition) is 6. The summed E-state index contributed by atoms with van der Waals surface area (Å²) in [6, 6.07) is 0. The van der Waals surface area contributed by atoms with Crippen LogP contribution in [0.5, 0.6) is 0 Å². The van der Waals surface area contributed by atoms with Crippen molar-refractivity contribution in [2.45, 2.75) is 25.9 Å². The Morgan fingerprint density at radius 3 is 2.82 bits per heavy atom. The average molecular weight is 317 g/mol. The van der Waals surface area contributed by atoms with Crippen molar-refractivity contribution in [1.82, 2.24) is 16.0 Å². The molecule has 1 rings (SSSR count). The fourth-order valence-electron chi connectivity index (χ4n) is 2.40. The first-order valence-electron chi connectivity index (χ1n) is 8.15. The SMILES string of the molecule is CCNCCNCOCCOC(COC)C[C@@H]1CCNC1=O. The van der Waals surface area contributed by atoms with E-state index in [0.29, 0.717) is 33.0 Å². The normalized spacial score (nSPS) is 19.4. The van der Waals surface area contributed by atoms with Gasteiger partial charge in [0.2, 0.25) is 5.91 Å². The van der Waals surface area contributed by atoms with Gasteiger partial charge in [-0.05, 0) is 19.4 Å². The molecule has 0 radical (unpaired) electrons. The van der Waals surface area contributed by atoms with Crippen LogP contribution in [0.25, 0.3) is 0 Å². The maximum atomic E-state index is 11.6. The zero-order valence-electron chi connectivity index (χ0n) is 13.9. The predicted octanol–water partition coefficient (Wildman–Crippen LogP) is -0.283. The lowest BCUT2D eigenvalue weighted by molar-refractivity contribution is -0.124. The van der Waals surface area contributed by atoms with E-state index in [0.717, 1.165) is 32.6 Å². The van der Waals surface area contributed by atoms with E-state index >= 15 is 0 Å². The van der Waals surface area contributed by atoms with Crippen LogP contribution >= 0.6 is 0 Å². The number of ether oxygens (including phenoxy) is 3. The van der Waals surface area contributed by atoms with Crippen molar-refractivity contribution in [3.63, 3.8) is 0 Å². The topological polar surface area (TPSA) is 80.8 Å². The van der Waals surface area contributed by atoms with Gasteiger partial charge in [0.15, 0.2) is 0 Å². The molecule has 0 aromatic rings. The van der Waals surface area contributed by atoms with Crippen LogP contribution in [-0.4, -0.2) is 71.9 Å². The lowest BCUT2D eigenvalue weighted by Gasteiger charge is -2.19. The molecule has 1 aliphatic heterocycles. The molecule has 130 valence electrons. The minimum absolute atomic E-state index is 0.0498. The quantitative estimate of drug-likeness (QED) is 0.302. The molecule has 0 aromatic carbocycles. The maximum absolute atomic E-state index is 11.6. The number of methoxy groups -OCH3 is 1. The first-order chi connectivity index (χ1) is 10.8. The van der Waals surface area contributed by atoms with Gasteiger partial charge < -0.3 is 24.8 Å². The van der Waals surface area contributed by atoms with Crippen LogP contribution in [0.2, 0.25) is 0 Å². The number of likely N-dealkylation sites (N-methyl/N-ethyl adjacent to an activating group) is 1. The minimum Gasteiger partial charge on any atom is -0.382 e. The Kier molecular flexibility index (Phi) is 11.2. The summed E-state index contributed by atoms with van der Waals surface area (Å²) in [5.74, 6) is 0.180. The molecule has 3 N–H and O–H groups in total. The molecule has 1 aliphatic rings. The van der Waals surface area contributed by atoms with Gasteiger partial charge in [0.1, 0.15) is 0 Å². The second kappa shape index (κ2) is 12.8. The van der Waals surface area contributed by atoms with Gasteiger partial charge >= 0.3 is 0 Å². The molecule has 0 aromatic heterocycles. The molecular formula is C15H31N3O4. The molecule has 0 bridgehead atoms. The Morgan fingerprint density at radius 1 is 1.32 bits per heavy atom. The number of nitrogens with one attached hydrogen (secondary N) is 3. The third-order valence-corrected chi connectivity index (χ3v) is 3.58. The fourth-order valence-corrected chi connectivity index (χ4v) is 2.40. The Bertz CT molecular complexity index is 292. The van der Waals surface area contributed by atoms with Gasteiger partial charge in [-0.3, -0.25) is 10.1 Å². The molecule has 1 fully saturated rings. The Morgan fingerprint density at radius 2 is 2.14 bits per heavy atom. The summed E-state index contributed by atoms with van der Waals surface area (Å²) in [7, 11) is 1.65. The van der Waals surface area contributed by atoms with Crippen LogP contribution in [0.15, 0.2) is 0 Å². The summed E-state index contributed by atoms with van der Waals surface area (Å²) >= 11 is 0. The van der Waals surface area contributed by atoms with E-state index in [9.17, 15) is 4.79 Å². The highest BCUT2D eigenvalue weighted by atomic mass is 16.5. The molecule has 7 heteroatoms. The number of carbonyl (C=O) groups is 1. The van der Waals surface area contributed by atoms with Crippen molar-refractivity contribution >= 4 is 5.91 Å². The van der Waals surface area contributed by atoms with E-state index in [1.54, 1.807) is 7.11 Å². The van der Waals surface area contributed by atoms with E-state index < -0.39 is 0 Å². The molecule has 1 unspecified atom stereocenters. The molecule has 1 heterocycles. The maximum Gasteiger partial charge on any atom is 0.223 e. The standard InChI is InChI=1S/C15H31N3O4/c1-3-16-6-7-17-12-21-8-9-22-14(11-20-2)10-13-4-5-18-15(13)19/h13-14,16-17H,3-12H2,1-2H3,(H,18,19)/t13-,14?/m0/s1. The van der Waals surface area contributed by atoms with Crippen LogP contribution < -0.4 is 16.0 Å². The summed E-state index contributed by atoms with van der Waals surface area (Å²) in [5.41, 5.74) is 0. The minimum atomic E-state index is -0.0517. The van der Waals surface area contributed by atoms with E-state index in [1.807, 2.05) is 0 Å². The Labute approximate surface area is 133 Å². The Hall–Kier alpha value is -0.730. The average Bonchev–Trinajstić information content (AvgIpc) is 2.91. The van der Waals surface area contributed by atoms with E-state index in [1.165, 1.54) is 0 Å². The summed E-state index contributed by atoms with van der Waals surface area (Å²) in [5, 5.41) is 9.26. The zero-order chi connectivity index (χ0) is 16.0. The van der Waals surface area contributed by atoms with E-state index in [4.69, 9.17) is 14.2 Å². The zero-order valence-corrected chi connectivity index (χ0v) is 13.9. The largest absolute Gasteiger partial charge is 0.382 e. The smallest absolute Gasteiger partial charge is 0.223 e. The highest BCUT2D eigenvalue weighted by Crippen LogP contribution is 2.17. The monoisotopic (exact) mass is 317 g/mol. The number of rotatable bonds is 14. The van der Waals surface area contributed by atoms with Gasteiger partial charge in [-0.15, -0.1) is 0 Å². The molecule has 0 saturated carbocycles. The van der Waals surface area contributed by atoms with Crippen molar-refractivity contribution in [2.24, 2.45) is 5.92 Å².